The summed E-state index contributed by atoms with van der Waals surface area (Å²) in [6.07, 6.45) is 0.120. The first kappa shape index (κ1) is 14.4. The number of hydrogen-bond donors (Lipinski definition) is 1. The smallest absolute Gasteiger partial charge is 0.305 e. The summed E-state index contributed by atoms with van der Waals surface area (Å²) < 4.78 is 5.38. The Morgan fingerprint density at radius 3 is 2.20 bits per heavy atom. The number of carbonyl (C=O) groups is 1. The second kappa shape index (κ2) is 6.80. The summed E-state index contributed by atoms with van der Waals surface area (Å²) in [5.74, 6) is -0.774. The molecular weight excluding hydrogens is 194 g/mol. The van der Waals surface area contributed by atoms with Gasteiger partial charge in [-0.15, -0.1) is 0 Å². The normalized spacial score (nSPS) is 15.3. The van der Waals surface area contributed by atoms with Crippen molar-refractivity contribution in [2.45, 2.75) is 39.7 Å². The monoisotopic (exact) mass is 217 g/mol. The van der Waals surface area contributed by atoms with Crippen LogP contribution in [-0.4, -0.2) is 47.8 Å². The molecule has 0 aliphatic heterocycles. The van der Waals surface area contributed by atoms with Crippen LogP contribution in [0.2, 0.25) is 0 Å². The van der Waals surface area contributed by atoms with Gasteiger partial charge < -0.3 is 9.84 Å². The summed E-state index contributed by atoms with van der Waals surface area (Å²) >= 11 is 0. The SMILES string of the molecule is CCOCC(C)(CC(=O)O)N(CC)CC. The maximum absolute atomic E-state index is 10.8. The Morgan fingerprint density at radius 1 is 1.33 bits per heavy atom. The second-order valence-corrected chi connectivity index (χ2v) is 3.88. The van der Waals surface area contributed by atoms with Gasteiger partial charge in [-0.05, 0) is 26.9 Å². The van der Waals surface area contributed by atoms with Gasteiger partial charge in [-0.2, -0.15) is 0 Å². The molecule has 0 aromatic rings. The van der Waals surface area contributed by atoms with Crippen LogP contribution in [0.15, 0.2) is 0 Å². The van der Waals surface area contributed by atoms with Gasteiger partial charge in [-0.3, -0.25) is 9.69 Å². The lowest BCUT2D eigenvalue weighted by Gasteiger charge is -2.39. The van der Waals surface area contributed by atoms with E-state index in [1.807, 2.05) is 27.7 Å². The molecule has 0 aliphatic carbocycles. The Kier molecular flexibility index (Phi) is 6.52. The number of carboxylic acid groups (broad SMARTS) is 1. The third-order valence-electron chi connectivity index (χ3n) is 2.68. The minimum Gasteiger partial charge on any atom is -0.481 e. The van der Waals surface area contributed by atoms with E-state index in [4.69, 9.17) is 9.84 Å². The van der Waals surface area contributed by atoms with Gasteiger partial charge in [0.2, 0.25) is 0 Å². The van der Waals surface area contributed by atoms with Crippen molar-refractivity contribution in [2.24, 2.45) is 0 Å². The summed E-state index contributed by atoms with van der Waals surface area (Å²) in [5.41, 5.74) is -0.397. The molecule has 0 rings (SSSR count). The van der Waals surface area contributed by atoms with Gasteiger partial charge in [0.25, 0.3) is 0 Å². The summed E-state index contributed by atoms with van der Waals surface area (Å²) in [6.45, 7) is 10.7. The summed E-state index contributed by atoms with van der Waals surface area (Å²) in [5, 5.41) is 8.91. The summed E-state index contributed by atoms with van der Waals surface area (Å²) in [4.78, 5) is 13.0. The quantitative estimate of drug-likeness (QED) is 0.671. The molecule has 0 spiro atoms. The zero-order valence-corrected chi connectivity index (χ0v) is 10.2. The molecule has 15 heavy (non-hydrogen) atoms. The molecule has 0 aromatic heterocycles. The molecule has 0 amide bonds. The second-order valence-electron chi connectivity index (χ2n) is 3.88. The highest BCUT2D eigenvalue weighted by atomic mass is 16.5. The Bertz CT molecular complexity index is 192. The van der Waals surface area contributed by atoms with E-state index in [2.05, 4.69) is 4.90 Å². The molecule has 4 nitrogen and oxygen atoms in total. The van der Waals surface area contributed by atoms with E-state index < -0.39 is 11.5 Å². The molecule has 1 unspecified atom stereocenters. The van der Waals surface area contributed by atoms with E-state index in [1.54, 1.807) is 0 Å². The van der Waals surface area contributed by atoms with Gasteiger partial charge in [-0.25, -0.2) is 0 Å². The van der Waals surface area contributed by atoms with Gasteiger partial charge in [0, 0.05) is 6.61 Å². The highest BCUT2D eigenvalue weighted by molar-refractivity contribution is 5.68. The molecule has 0 aliphatic rings. The lowest BCUT2D eigenvalue weighted by Crippen LogP contribution is -2.51. The number of hydrogen-bond acceptors (Lipinski definition) is 3. The van der Waals surface area contributed by atoms with Crippen LogP contribution in [0.1, 0.15) is 34.1 Å². The molecule has 0 bridgehead atoms. The number of aliphatic carboxylic acids is 1. The van der Waals surface area contributed by atoms with Crippen LogP contribution in [0, 0.1) is 0 Å². The van der Waals surface area contributed by atoms with Crippen molar-refractivity contribution in [1.29, 1.82) is 0 Å². The van der Waals surface area contributed by atoms with E-state index >= 15 is 0 Å². The third-order valence-corrected chi connectivity index (χ3v) is 2.68. The summed E-state index contributed by atoms with van der Waals surface area (Å²) in [6, 6.07) is 0. The predicted octanol–water partition coefficient (Wildman–Crippen LogP) is 1.60. The lowest BCUT2D eigenvalue weighted by atomic mass is 9.96. The van der Waals surface area contributed by atoms with Gasteiger partial charge in [0.15, 0.2) is 0 Å². The molecule has 90 valence electrons. The third kappa shape index (κ3) is 4.62. The molecule has 4 heteroatoms. The van der Waals surface area contributed by atoms with Crippen LogP contribution in [0.4, 0.5) is 0 Å². The van der Waals surface area contributed by atoms with Gasteiger partial charge in [0.1, 0.15) is 0 Å². The standard InChI is InChI=1S/C11H23NO3/c1-5-12(6-2)11(4,8-10(13)14)9-15-7-3/h5-9H2,1-4H3,(H,13,14). The minimum absolute atomic E-state index is 0.120. The van der Waals surface area contributed by atoms with Crippen LogP contribution in [-0.2, 0) is 9.53 Å². The first-order chi connectivity index (χ1) is 7.00. The van der Waals surface area contributed by atoms with Crippen molar-refractivity contribution >= 4 is 5.97 Å². The van der Waals surface area contributed by atoms with Crippen LogP contribution in [0.5, 0.6) is 0 Å². The van der Waals surface area contributed by atoms with Gasteiger partial charge in [-0.1, -0.05) is 13.8 Å². The molecule has 0 aromatic carbocycles. The van der Waals surface area contributed by atoms with Crippen molar-refractivity contribution in [3.05, 3.63) is 0 Å². The largest absolute Gasteiger partial charge is 0.481 e. The molecule has 0 radical (unpaired) electrons. The van der Waals surface area contributed by atoms with E-state index in [0.29, 0.717) is 13.2 Å². The fraction of sp³-hybridized carbons (Fsp3) is 0.909. The van der Waals surface area contributed by atoms with E-state index in [1.165, 1.54) is 0 Å². The van der Waals surface area contributed by atoms with Crippen molar-refractivity contribution in [1.82, 2.24) is 4.90 Å². The topological polar surface area (TPSA) is 49.8 Å². The average molecular weight is 217 g/mol. The van der Waals surface area contributed by atoms with Crippen LogP contribution in [0.3, 0.4) is 0 Å². The molecule has 0 fully saturated rings. The van der Waals surface area contributed by atoms with Gasteiger partial charge >= 0.3 is 5.97 Å². The number of nitrogens with zero attached hydrogens (tertiary/aromatic N) is 1. The fourth-order valence-corrected chi connectivity index (χ4v) is 1.89. The number of likely N-dealkylation sites (N-methyl/N-ethyl adjacent to an activating group) is 1. The number of carboxylic acids is 1. The van der Waals surface area contributed by atoms with Crippen molar-refractivity contribution in [2.75, 3.05) is 26.3 Å². The van der Waals surface area contributed by atoms with Crippen LogP contribution in [0.25, 0.3) is 0 Å². The van der Waals surface area contributed by atoms with E-state index in [0.717, 1.165) is 13.1 Å². The number of rotatable bonds is 8. The van der Waals surface area contributed by atoms with Crippen molar-refractivity contribution < 1.29 is 14.6 Å². The average Bonchev–Trinajstić information content (AvgIpc) is 2.15. The first-order valence-corrected chi connectivity index (χ1v) is 5.54. The first-order valence-electron chi connectivity index (χ1n) is 5.54. The van der Waals surface area contributed by atoms with Crippen LogP contribution >= 0.6 is 0 Å². The predicted molar refractivity (Wildman–Crippen MR) is 60.1 cm³/mol. The molecule has 1 atom stereocenters. The van der Waals surface area contributed by atoms with Crippen molar-refractivity contribution in [3.8, 4) is 0 Å². The maximum atomic E-state index is 10.8. The lowest BCUT2D eigenvalue weighted by molar-refractivity contribution is -0.141. The Hall–Kier alpha value is -0.610. The Balaban J connectivity index is 4.57. The molecule has 1 N–H and O–H groups in total. The minimum atomic E-state index is -0.774. The molecular formula is C11H23NO3. The molecule has 0 heterocycles. The maximum Gasteiger partial charge on any atom is 0.305 e. The van der Waals surface area contributed by atoms with Crippen molar-refractivity contribution in [3.63, 3.8) is 0 Å². The Morgan fingerprint density at radius 2 is 1.87 bits per heavy atom. The van der Waals surface area contributed by atoms with Crippen LogP contribution < -0.4 is 0 Å². The zero-order valence-electron chi connectivity index (χ0n) is 10.2. The molecule has 0 saturated heterocycles. The summed E-state index contributed by atoms with van der Waals surface area (Å²) in [7, 11) is 0. The number of ether oxygens (including phenoxy) is 1. The van der Waals surface area contributed by atoms with E-state index in [-0.39, 0.29) is 6.42 Å². The zero-order chi connectivity index (χ0) is 11.9. The Labute approximate surface area is 92.2 Å². The molecule has 0 saturated carbocycles. The van der Waals surface area contributed by atoms with E-state index in [9.17, 15) is 4.79 Å². The van der Waals surface area contributed by atoms with Gasteiger partial charge in [0.05, 0.1) is 18.6 Å². The highest BCUT2D eigenvalue weighted by Gasteiger charge is 2.32. The fourth-order valence-electron chi connectivity index (χ4n) is 1.89. The highest BCUT2D eigenvalue weighted by Crippen LogP contribution is 2.20.